The molecular formula is C25H34ClN3O3S. The Morgan fingerprint density at radius 3 is 2.61 bits per heavy atom. The first kappa shape index (κ1) is 25.4. The van der Waals surface area contributed by atoms with Gasteiger partial charge in [-0.3, -0.25) is 9.10 Å². The Bertz CT molecular complexity index is 1060. The van der Waals surface area contributed by atoms with E-state index in [1.54, 1.807) is 25.1 Å². The van der Waals surface area contributed by atoms with Gasteiger partial charge in [0.15, 0.2) is 0 Å². The lowest BCUT2D eigenvalue weighted by molar-refractivity contribution is -0.121. The molecule has 0 saturated carbocycles. The zero-order valence-electron chi connectivity index (χ0n) is 19.7. The zero-order valence-corrected chi connectivity index (χ0v) is 21.3. The third-order valence-corrected chi connectivity index (χ3v) is 7.71. The van der Waals surface area contributed by atoms with Gasteiger partial charge in [-0.15, -0.1) is 0 Å². The third-order valence-electron chi connectivity index (χ3n) is 6.12. The van der Waals surface area contributed by atoms with Crippen LogP contribution in [0, 0.1) is 12.8 Å². The van der Waals surface area contributed by atoms with Crippen LogP contribution in [-0.2, 0) is 21.4 Å². The number of hydrogen-bond donors (Lipinski definition) is 1. The molecule has 0 unspecified atom stereocenters. The Kier molecular flexibility index (Phi) is 8.65. The molecule has 1 aliphatic rings. The van der Waals surface area contributed by atoms with Gasteiger partial charge in [0.05, 0.1) is 11.9 Å². The summed E-state index contributed by atoms with van der Waals surface area (Å²) in [5.41, 5.74) is 3.53. The Morgan fingerprint density at radius 1 is 1.21 bits per heavy atom. The fraction of sp³-hybridized carbons (Fsp3) is 0.480. The molecule has 2 aromatic carbocycles. The lowest BCUT2D eigenvalue weighted by Crippen LogP contribution is -2.34. The third kappa shape index (κ3) is 7.11. The standard InChI is InChI=1S/C25H34ClN3O3S/c1-19-7-5-15-28(18-19)22-13-11-21(12-14-22)17-27-25(30)10-6-16-29(33(3,31)32)24-9-4-8-23(26)20(24)2/h4,8-9,11-14,19H,5-7,10,15-18H2,1-3H3,(H,27,30)/t19-/m1/s1. The van der Waals surface area contributed by atoms with Crippen molar-refractivity contribution in [3.63, 3.8) is 0 Å². The summed E-state index contributed by atoms with van der Waals surface area (Å²) in [6, 6.07) is 13.6. The van der Waals surface area contributed by atoms with Crippen LogP contribution in [0.15, 0.2) is 42.5 Å². The van der Waals surface area contributed by atoms with Crippen molar-refractivity contribution in [1.82, 2.24) is 5.32 Å². The molecule has 2 aromatic rings. The molecule has 1 saturated heterocycles. The van der Waals surface area contributed by atoms with E-state index in [2.05, 4.69) is 41.4 Å². The minimum atomic E-state index is -3.49. The molecule has 0 radical (unpaired) electrons. The molecule has 1 aliphatic heterocycles. The second kappa shape index (κ2) is 11.3. The highest BCUT2D eigenvalue weighted by Crippen LogP contribution is 2.28. The maximum absolute atomic E-state index is 12.3. The van der Waals surface area contributed by atoms with E-state index in [0.29, 0.717) is 29.2 Å². The van der Waals surface area contributed by atoms with Crippen molar-refractivity contribution >= 4 is 38.9 Å². The number of hydrogen-bond acceptors (Lipinski definition) is 4. The fourth-order valence-corrected chi connectivity index (χ4v) is 5.44. The molecule has 8 heteroatoms. The predicted molar refractivity (Wildman–Crippen MR) is 137 cm³/mol. The van der Waals surface area contributed by atoms with Crippen LogP contribution in [0.3, 0.4) is 0 Å². The molecule has 6 nitrogen and oxygen atoms in total. The van der Waals surface area contributed by atoms with Gasteiger partial charge in [-0.25, -0.2) is 8.42 Å². The van der Waals surface area contributed by atoms with Gasteiger partial charge in [-0.1, -0.05) is 36.7 Å². The summed E-state index contributed by atoms with van der Waals surface area (Å²) in [4.78, 5) is 14.8. The van der Waals surface area contributed by atoms with Crippen LogP contribution in [0.5, 0.6) is 0 Å². The number of nitrogens with zero attached hydrogens (tertiary/aromatic N) is 2. The molecule has 0 spiro atoms. The summed E-state index contributed by atoms with van der Waals surface area (Å²) in [6.07, 6.45) is 4.35. The Morgan fingerprint density at radius 2 is 1.94 bits per heavy atom. The second-order valence-corrected chi connectivity index (χ2v) is 11.3. The lowest BCUT2D eigenvalue weighted by atomic mass is 9.99. The Balaban J connectivity index is 1.49. The van der Waals surface area contributed by atoms with Gasteiger partial charge >= 0.3 is 0 Å². The van der Waals surface area contributed by atoms with Crippen LogP contribution < -0.4 is 14.5 Å². The highest BCUT2D eigenvalue weighted by atomic mass is 35.5. The Hall–Kier alpha value is -2.25. The number of benzene rings is 2. The highest BCUT2D eigenvalue weighted by Gasteiger charge is 2.20. The van der Waals surface area contributed by atoms with Crippen molar-refractivity contribution < 1.29 is 13.2 Å². The highest BCUT2D eigenvalue weighted by molar-refractivity contribution is 7.92. The van der Waals surface area contributed by atoms with E-state index in [1.165, 1.54) is 29.1 Å². The van der Waals surface area contributed by atoms with E-state index < -0.39 is 10.0 Å². The number of halogens is 1. The quantitative estimate of drug-likeness (QED) is 0.549. The van der Waals surface area contributed by atoms with E-state index in [1.807, 2.05) is 0 Å². The molecule has 1 amide bonds. The minimum Gasteiger partial charge on any atom is -0.371 e. The van der Waals surface area contributed by atoms with Gasteiger partial charge in [0.2, 0.25) is 15.9 Å². The maximum Gasteiger partial charge on any atom is 0.232 e. The first-order valence-electron chi connectivity index (χ1n) is 11.5. The average Bonchev–Trinajstić information content (AvgIpc) is 2.77. The van der Waals surface area contributed by atoms with Crippen LogP contribution >= 0.6 is 11.6 Å². The number of amides is 1. The van der Waals surface area contributed by atoms with Crippen molar-refractivity contribution in [2.75, 3.05) is 35.1 Å². The van der Waals surface area contributed by atoms with E-state index in [9.17, 15) is 13.2 Å². The van der Waals surface area contributed by atoms with Gasteiger partial charge in [0.25, 0.3) is 0 Å². The molecule has 33 heavy (non-hydrogen) atoms. The average molecular weight is 492 g/mol. The number of sulfonamides is 1. The molecule has 0 aliphatic carbocycles. The molecule has 1 atom stereocenters. The summed E-state index contributed by atoms with van der Waals surface area (Å²) >= 11 is 6.16. The van der Waals surface area contributed by atoms with E-state index in [-0.39, 0.29) is 18.9 Å². The summed E-state index contributed by atoms with van der Waals surface area (Å²) in [5, 5.41) is 3.45. The lowest BCUT2D eigenvalue weighted by Gasteiger charge is -2.32. The summed E-state index contributed by atoms with van der Waals surface area (Å²) in [6.45, 7) is 6.95. The molecule has 0 bridgehead atoms. The summed E-state index contributed by atoms with van der Waals surface area (Å²) in [5.74, 6) is 0.624. The SMILES string of the molecule is Cc1c(Cl)cccc1N(CCCC(=O)NCc1ccc(N2CCC[C@@H](C)C2)cc1)S(C)(=O)=O. The predicted octanol–water partition coefficient (Wildman–Crippen LogP) is 4.75. The monoisotopic (exact) mass is 491 g/mol. The molecule has 1 heterocycles. The van der Waals surface area contributed by atoms with Gasteiger partial charge in [0.1, 0.15) is 0 Å². The van der Waals surface area contributed by atoms with Crippen LogP contribution in [0.2, 0.25) is 5.02 Å². The number of rotatable bonds is 9. The molecule has 3 rings (SSSR count). The van der Waals surface area contributed by atoms with Crippen LogP contribution in [0.25, 0.3) is 0 Å². The number of anilines is 2. The zero-order chi connectivity index (χ0) is 24.0. The van der Waals surface area contributed by atoms with Crippen LogP contribution in [-0.4, -0.2) is 40.2 Å². The van der Waals surface area contributed by atoms with Crippen molar-refractivity contribution in [2.24, 2.45) is 5.92 Å². The van der Waals surface area contributed by atoms with Crippen molar-refractivity contribution in [1.29, 1.82) is 0 Å². The molecule has 1 fully saturated rings. The normalized spacial score (nSPS) is 16.5. The van der Waals surface area contributed by atoms with E-state index in [0.717, 1.165) is 24.6 Å². The van der Waals surface area contributed by atoms with Gasteiger partial charge < -0.3 is 10.2 Å². The first-order chi connectivity index (χ1) is 15.6. The van der Waals surface area contributed by atoms with Gasteiger partial charge in [-0.2, -0.15) is 0 Å². The molecule has 1 N–H and O–H groups in total. The fourth-order valence-electron chi connectivity index (χ4n) is 4.25. The smallest absolute Gasteiger partial charge is 0.232 e. The van der Waals surface area contributed by atoms with E-state index in [4.69, 9.17) is 11.6 Å². The number of carbonyl (C=O) groups excluding carboxylic acids is 1. The van der Waals surface area contributed by atoms with Gasteiger partial charge in [-0.05, 0) is 67.5 Å². The van der Waals surface area contributed by atoms with Crippen molar-refractivity contribution in [3.05, 3.63) is 58.6 Å². The number of carbonyl (C=O) groups is 1. The van der Waals surface area contributed by atoms with E-state index >= 15 is 0 Å². The molecule has 180 valence electrons. The topological polar surface area (TPSA) is 69.7 Å². The first-order valence-corrected chi connectivity index (χ1v) is 13.7. The number of piperidine rings is 1. The summed E-state index contributed by atoms with van der Waals surface area (Å²) in [7, 11) is -3.49. The minimum absolute atomic E-state index is 0.0970. The van der Waals surface area contributed by atoms with Crippen molar-refractivity contribution in [2.45, 2.75) is 46.1 Å². The maximum atomic E-state index is 12.3. The molecular weight excluding hydrogens is 458 g/mol. The largest absolute Gasteiger partial charge is 0.371 e. The molecule has 0 aromatic heterocycles. The number of nitrogens with one attached hydrogen (secondary N) is 1. The summed E-state index contributed by atoms with van der Waals surface area (Å²) < 4.78 is 26.0. The Labute approximate surface area is 203 Å². The van der Waals surface area contributed by atoms with Crippen molar-refractivity contribution in [3.8, 4) is 0 Å². The second-order valence-electron chi connectivity index (χ2n) is 8.96. The van der Waals surface area contributed by atoms with Crippen LogP contribution in [0.4, 0.5) is 11.4 Å². The van der Waals surface area contributed by atoms with Gasteiger partial charge in [0, 0.05) is 43.3 Å². The van der Waals surface area contributed by atoms with Crippen LogP contribution in [0.1, 0.15) is 43.7 Å².